The van der Waals surface area contributed by atoms with Crippen LogP contribution in [0.15, 0.2) is 54.7 Å². The van der Waals surface area contributed by atoms with E-state index in [0.717, 1.165) is 49.7 Å². The number of hydrogen-bond donors (Lipinski definition) is 2. The highest BCUT2D eigenvalue weighted by Gasteiger charge is 2.12. The van der Waals surface area contributed by atoms with Crippen molar-refractivity contribution >= 4 is 17.3 Å². The summed E-state index contributed by atoms with van der Waals surface area (Å²) in [5, 5.41) is 12.8. The highest BCUT2D eigenvalue weighted by atomic mass is 16.5. The molecule has 1 aliphatic heterocycles. The molecule has 0 unspecified atom stereocenters. The maximum Gasteiger partial charge on any atom is 0.227 e. The molecule has 1 aliphatic rings. The molecule has 0 spiro atoms. The lowest BCUT2D eigenvalue weighted by Crippen LogP contribution is -2.36. The van der Waals surface area contributed by atoms with Crippen molar-refractivity contribution in [1.29, 1.82) is 5.26 Å². The molecule has 1 aromatic heterocycles. The summed E-state index contributed by atoms with van der Waals surface area (Å²) in [5.41, 5.74) is 9.58. The number of hydrogen-bond acceptors (Lipinski definition) is 8. The topological polar surface area (TPSA) is 109 Å². The first kappa shape index (κ1) is 21.6. The number of ether oxygens (including phenoxy) is 2. The van der Waals surface area contributed by atoms with Crippen molar-refractivity contribution in [3.8, 4) is 23.1 Å². The van der Waals surface area contributed by atoms with Crippen LogP contribution in [0.3, 0.4) is 0 Å². The first-order valence-corrected chi connectivity index (χ1v) is 10.7. The zero-order valence-corrected chi connectivity index (χ0v) is 17.8. The summed E-state index contributed by atoms with van der Waals surface area (Å²) < 4.78 is 11.1. The summed E-state index contributed by atoms with van der Waals surface area (Å²) in [7, 11) is 0. The number of rotatable bonds is 8. The van der Waals surface area contributed by atoms with Gasteiger partial charge in [-0.1, -0.05) is 0 Å². The molecule has 8 heteroatoms. The molecule has 2 aromatic carbocycles. The molecule has 0 bridgehead atoms. The first-order valence-electron chi connectivity index (χ1n) is 10.7. The lowest BCUT2D eigenvalue weighted by molar-refractivity contribution is 0.122. The minimum Gasteiger partial charge on any atom is -0.492 e. The average molecular weight is 431 g/mol. The van der Waals surface area contributed by atoms with Crippen molar-refractivity contribution in [3.05, 3.63) is 60.3 Å². The van der Waals surface area contributed by atoms with Gasteiger partial charge in [-0.25, -0.2) is 9.97 Å². The lowest BCUT2D eigenvalue weighted by Gasteiger charge is -2.28. The molecule has 1 fully saturated rings. The predicted molar refractivity (Wildman–Crippen MR) is 124 cm³/mol. The van der Waals surface area contributed by atoms with Crippen LogP contribution in [0.4, 0.5) is 17.3 Å². The monoisotopic (exact) mass is 430 g/mol. The van der Waals surface area contributed by atoms with Gasteiger partial charge in [0.25, 0.3) is 0 Å². The standard InChI is InChI=1S/C24H26N6O2/c25-9-1-13-32-23-7-2-18(16-19(23)17-26)22-8-10-27-24(29-22)28-20-3-5-21(6-4-20)30-11-14-31-15-12-30/h2-8,10,16H,1,9,11-15,25H2,(H,27,28,29). The number of nitrogens with zero attached hydrogens (tertiary/aromatic N) is 4. The van der Waals surface area contributed by atoms with Crippen LogP contribution in [0, 0.1) is 11.3 Å². The van der Waals surface area contributed by atoms with E-state index in [0.29, 0.717) is 30.4 Å². The largest absolute Gasteiger partial charge is 0.492 e. The Kier molecular flexibility index (Phi) is 7.12. The number of morpholine rings is 1. The van der Waals surface area contributed by atoms with Crippen molar-refractivity contribution in [2.24, 2.45) is 5.73 Å². The maximum atomic E-state index is 9.50. The zero-order valence-electron chi connectivity index (χ0n) is 17.8. The van der Waals surface area contributed by atoms with Crippen LogP contribution in [-0.4, -0.2) is 49.4 Å². The quantitative estimate of drug-likeness (QED) is 0.524. The Morgan fingerprint density at radius 3 is 2.69 bits per heavy atom. The summed E-state index contributed by atoms with van der Waals surface area (Å²) in [4.78, 5) is 11.3. The number of nitriles is 1. The van der Waals surface area contributed by atoms with Gasteiger partial charge in [0.2, 0.25) is 5.95 Å². The molecular weight excluding hydrogens is 404 g/mol. The van der Waals surface area contributed by atoms with Crippen LogP contribution in [0.25, 0.3) is 11.3 Å². The second kappa shape index (κ2) is 10.6. The van der Waals surface area contributed by atoms with E-state index in [4.69, 9.17) is 15.2 Å². The fraction of sp³-hybridized carbons (Fsp3) is 0.292. The van der Waals surface area contributed by atoms with Crippen LogP contribution >= 0.6 is 0 Å². The van der Waals surface area contributed by atoms with Gasteiger partial charge in [0, 0.05) is 36.2 Å². The Labute approximate surface area is 187 Å². The van der Waals surface area contributed by atoms with E-state index in [1.54, 1.807) is 18.3 Å². The van der Waals surface area contributed by atoms with Gasteiger partial charge in [-0.2, -0.15) is 5.26 Å². The van der Waals surface area contributed by atoms with Crippen LogP contribution in [-0.2, 0) is 4.74 Å². The van der Waals surface area contributed by atoms with Crippen LogP contribution in [0.2, 0.25) is 0 Å². The number of aromatic nitrogens is 2. The molecule has 0 aliphatic carbocycles. The van der Waals surface area contributed by atoms with Gasteiger partial charge in [-0.15, -0.1) is 0 Å². The summed E-state index contributed by atoms with van der Waals surface area (Å²) in [5.74, 6) is 1.04. The van der Waals surface area contributed by atoms with Gasteiger partial charge < -0.3 is 25.4 Å². The van der Waals surface area contributed by atoms with Crippen molar-refractivity contribution < 1.29 is 9.47 Å². The van der Waals surface area contributed by atoms with Crippen LogP contribution in [0.5, 0.6) is 5.75 Å². The second-order valence-corrected chi connectivity index (χ2v) is 7.35. The molecule has 3 N–H and O–H groups in total. The summed E-state index contributed by atoms with van der Waals surface area (Å²) in [6.07, 6.45) is 2.44. The van der Waals surface area contributed by atoms with E-state index in [9.17, 15) is 5.26 Å². The minimum atomic E-state index is 0.464. The van der Waals surface area contributed by atoms with Crippen molar-refractivity contribution in [3.63, 3.8) is 0 Å². The molecule has 32 heavy (non-hydrogen) atoms. The van der Waals surface area contributed by atoms with Crippen molar-refractivity contribution in [2.45, 2.75) is 6.42 Å². The van der Waals surface area contributed by atoms with Crippen LogP contribution in [0.1, 0.15) is 12.0 Å². The Morgan fingerprint density at radius 2 is 1.94 bits per heavy atom. The molecule has 8 nitrogen and oxygen atoms in total. The molecular formula is C24H26N6O2. The number of nitrogens with one attached hydrogen (secondary N) is 1. The number of anilines is 3. The maximum absolute atomic E-state index is 9.50. The first-order chi connectivity index (χ1) is 15.8. The van der Waals surface area contributed by atoms with Gasteiger partial charge in [0.1, 0.15) is 11.8 Å². The Morgan fingerprint density at radius 1 is 1.12 bits per heavy atom. The van der Waals surface area contributed by atoms with Crippen molar-refractivity contribution in [2.75, 3.05) is 49.7 Å². The zero-order chi connectivity index (χ0) is 22.2. The van der Waals surface area contributed by atoms with E-state index < -0.39 is 0 Å². The molecule has 164 valence electrons. The van der Waals surface area contributed by atoms with Crippen LogP contribution < -0.4 is 20.7 Å². The smallest absolute Gasteiger partial charge is 0.227 e. The minimum absolute atomic E-state index is 0.464. The number of benzene rings is 2. The van der Waals surface area contributed by atoms with Gasteiger partial charge in [-0.05, 0) is 61.5 Å². The van der Waals surface area contributed by atoms with E-state index >= 15 is 0 Å². The number of nitrogens with two attached hydrogens (primary N) is 1. The van der Waals surface area contributed by atoms with Crippen molar-refractivity contribution in [1.82, 2.24) is 9.97 Å². The third-order valence-electron chi connectivity index (χ3n) is 5.16. The van der Waals surface area contributed by atoms with Gasteiger partial charge >= 0.3 is 0 Å². The van der Waals surface area contributed by atoms with E-state index in [1.165, 1.54) is 5.69 Å². The van der Waals surface area contributed by atoms with E-state index in [-0.39, 0.29) is 0 Å². The molecule has 0 saturated carbocycles. The molecule has 3 aromatic rings. The average Bonchev–Trinajstić information content (AvgIpc) is 2.85. The Bertz CT molecular complexity index is 1070. The molecule has 0 radical (unpaired) electrons. The Balaban J connectivity index is 1.47. The van der Waals surface area contributed by atoms with E-state index in [2.05, 4.69) is 38.4 Å². The third kappa shape index (κ3) is 5.32. The summed E-state index contributed by atoms with van der Waals surface area (Å²) >= 11 is 0. The fourth-order valence-electron chi connectivity index (χ4n) is 3.45. The fourth-order valence-corrected chi connectivity index (χ4v) is 3.45. The summed E-state index contributed by atoms with van der Waals surface area (Å²) in [6, 6.07) is 17.7. The highest BCUT2D eigenvalue weighted by molar-refractivity contribution is 5.66. The molecule has 0 atom stereocenters. The summed E-state index contributed by atoms with van der Waals surface area (Å²) in [6.45, 7) is 4.35. The lowest BCUT2D eigenvalue weighted by atomic mass is 10.1. The van der Waals surface area contributed by atoms with E-state index in [1.807, 2.05) is 24.3 Å². The Hall–Kier alpha value is -3.67. The molecule has 2 heterocycles. The van der Waals surface area contributed by atoms with Gasteiger partial charge in [0.15, 0.2) is 0 Å². The SMILES string of the molecule is N#Cc1cc(-c2ccnc(Nc3ccc(N4CCOCC4)cc3)n2)ccc1OCCCN. The molecule has 1 saturated heterocycles. The van der Waals surface area contributed by atoms with Gasteiger partial charge in [0.05, 0.1) is 31.1 Å². The van der Waals surface area contributed by atoms with Gasteiger partial charge in [-0.3, -0.25) is 0 Å². The molecule has 4 rings (SSSR count). The predicted octanol–water partition coefficient (Wildman–Crippen LogP) is 3.32. The normalized spacial score (nSPS) is 13.4. The second-order valence-electron chi connectivity index (χ2n) is 7.35. The highest BCUT2D eigenvalue weighted by Crippen LogP contribution is 2.27. The molecule has 0 amide bonds. The third-order valence-corrected chi connectivity index (χ3v) is 5.16.